The van der Waals surface area contributed by atoms with Crippen LogP contribution in [0, 0.1) is 5.92 Å². The normalized spacial score (nSPS) is 12.2. The molecule has 1 atom stereocenters. The Balaban J connectivity index is 1.80. The number of hydrogen-bond acceptors (Lipinski definition) is 7. The molecular formula is C24H32N2O4S. The van der Waals surface area contributed by atoms with Gasteiger partial charge in [0.05, 0.1) is 14.2 Å². The molecule has 7 heteroatoms. The molecule has 0 heterocycles. The summed E-state index contributed by atoms with van der Waals surface area (Å²) < 4.78 is 16.0. The molecule has 0 bridgehead atoms. The molecule has 0 saturated carbocycles. The maximum absolute atomic E-state index is 12.0. The fourth-order valence-corrected chi connectivity index (χ4v) is 3.17. The highest BCUT2D eigenvalue weighted by atomic mass is 32.2. The van der Waals surface area contributed by atoms with Crippen molar-refractivity contribution < 1.29 is 19.0 Å². The predicted molar refractivity (Wildman–Crippen MR) is 129 cm³/mol. The second-order valence-electron chi connectivity index (χ2n) is 7.36. The van der Waals surface area contributed by atoms with Gasteiger partial charge in [-0.2, -0.15) is 0 Å². The van der Waals surface area contributed by atoms with Gasteiger partial charge >= 0.3 is 5.30 Å². The van der Waals surface area contributed by atoms with Gasteiger partial charge in [0.2, 0.25) is 0 Å². The van der Waals surface area contributed by atoms with E-state index in [1.54, 1.807) is 26.4 Å². The first kappa shape index (κ1) is 24.8. The van der Waals surface area contributed by atoms with Crippen LogP contribution in [0.4, 0.5) is 4.79 Å². The Bertz CT molecular complexity index is 831. The molecule has 1 unspecified atom stereocenters. The van der Waals surface area contributed by atoms with Crippen LogP contribution in [0.3, 0.4) is 0 Å². The van der Waals surface area contributed by atoms with Crippen LogP contribution in [0.1, 0.15) is 25.0 Å². The standard InChI is InChI=1S/C24H32N2O4S/c1-17(2)23(25)16-26-11-12-31-24(27)30-20-9-7-18(8-10-20)5-6-19-13-21(28-3)15-22(14-19)29-4/h5-10,13-15,17,23,26H,11-12,16,25H2,1-4H3/b6-5+. The molecule has 2 aromatic rings. The zero-order chi connectivity index (χ0) is 22.6. The largest absolute Gasteiger partial charge is 0.497 e. The van der Waals surface area contributed by atoms with Crippen LogP contribution in [-0.4, -0.2) is 44.4 Å². The minimum atomic E-state index is -0.318. The summed E-state index contributed by atoms with van der Waals surface area (Å²) in [5.74, 6) is 3.05. The van der Waals surface area contributed by atoms with Gasteiger partial charge in [-0.25, -0.2) is 4.79 Å². The first-order valence-corrected chi connectivity index (χ1v) is 11.2. The summed E-state index contributed by atoms with van der Waals surface area (Å²) in [5, 5.41) is 2.94. The topological polar surface area (TPSA) is 82.8 Å². The Hall–Kier alpha value is -2.48. The van der Waals surface area contributed by atoms with E-state index in [4.69, 9.17) is 19.9 Å². The van der Waals surface area contributed by atoms with Crippen molar-refractivity contribution in [2.75, 3.05) is 33.1 Å². The van der Waals surface area contributed by atoms with Crippen molar-refractivity contribution in [1.82, 2.24) is 5.32 Å². The highest BCUT2D eigenvalue weighted by Gasteiger charge is 2.08. The summed E-state index contributed by atoms with van der Waals surface area (Å²) >= 11 is 1.15. The average molecular weight is 445 g/mol. The van der Waals surface area contributed by atoms with Crippen LogP contribution in [0.2, 0.25) is 0 Å². The first-order valence-electron chi connectivity index (χ1n) is 10.2. The Labute approximate surface area is 189 Å². The molecule has 2 aromatic carbocycles. The van der Waals surface area contributed by atoms with Crippen LogP contribution in [0.5, 0.6) is 17.2 Å². The lowest BCUT2D eigenvalue weighted by atomic mass is 10.1. The molecule has 3 N–H and O–H groups in total. The number of methoxy groups -OCH3 is 2. The molecule has 0 radical (unpaired) electrons. The monoisotopic (exact) mass is 444 g/mol. The lowest BCUT2D eigenvalue weighted by Crippen LogP contribution is -2.38. The molecule has 6 nitrogen and oxygen atoms in total. The third-order valence-corrected chi connectivity index (χ3v) is 5.39. The maximum atomic E-state index is 12.0. The summed E-state index contributed by atoms with van der Waals surface area (Å²) in [6, 6.07) is 13.2. The Morgan fingerprint density at radius 1 is 1.00 bits per heavy atom. The van der Waals surface area contributed by atoms with Gasteiger partial charge < -0.3 is 25.3 Å². The molecular weight excluding hydrogens is 412 g/mol. The lowest BCUT2D eigenvalue weighted by molar-refractivity contribution is 0.227. The molecule has 0 aliphatic heterocycles. The molecule has 2 rings (SSSR count). The highest BCUT2D eigenvalue weighted by molar-refractivity contribution is 8.13. The number of nitrogens with two attached hydrogens (primary N) is 1. The summed E-state index contributed by atoms with van der Waals surface area (Å²) in [7, 11) is 3.25. The first-order chi connectivity index (χ1) is 14.9. The predicted octanol–water partition coefficient (Wildman–Crippen LogP) is 4.68. The minimum Gasteiger partial charge on any atom is -0.497 e. The Morgan fingerprint density at radius 2 is 1.61 bits per heavy atom. The number of thioether (sulfide) groups is 1. The summed E-state index contributed by atoms with van der Waals surface area (Å²) in [5.41, 5.74) is 7.93. The molecule has 31 heavy (non-hydrogen) atoms. The number of nitrogens with one attached hydrogen (secondary N) is 1. The zero-order valence-electron chi connectivity index (χ0n) is 18.6. The van der Waals surface area contributed by atoms with Crippen molar-refractivity contribution in [3.63, 3.8) is 0 Å². The van der Waals surface area contributed by atoms with Gasteiger partial charge in [-0.3, -0.25) is 0 Å². The second kappa shape index (κ2) is 13.0. The number of benzene rings is 2. The molecule has 0 aliphatic rings. The van der Waals surface area contributed by atoms with E-state index in [-0.39, 0.29) is 11.3 Å². The van der Waals surface area contributed by atoms with E-state index in [9.17, 15) is 4.79 Å². The van der Waals surface area contributed by atoms with Crippen molar-refractivity contribution >= 4 is 29.2 Å². The van der Waals surface area contributed by atoms with Crippen LogP contribution in [-0.2, 0) is 0 Å². The molecule has 0 fully saturated rings. The molecule has 0 saturated heterocycles. The summed E-state index contributed by atoms with van der Waals surface area (Å²) in [6.45, 7) is 5.63. The van der Waals surface area contributed by atoms with Crippen molar-refractivity contribution in [3.8, 4) is 17.2 Å². The third kappa shape index (κ3) is 9.04. The van der Waals surface area contributed by atoms with Crippen LogP contribution < -0.4 is 25.3 Å². The molecule has 0 aliphatic carbocycles. The van der Waals surface area contributed by atoms with Gasteiger partial charge in [0.1, 0.15) is 17.2 Å². The van der Waals surface area contributed by atoms with E-state index < -0.39 is 0 Å². The number of hydrogen-bond donors (Lipinski definition) is 2. The van der Waals surface area contributed by atoms with Gasteiger partial charge in [0, 0.05) is 31.0 Å². The fraction of sp³-hybridized carbons (Fsp3) is 0.375. The number of ether oxygens (including phenoxy) is 3. The van der Waals surface area contributed by atoms with Gasteiger partial charge in [-0.1, -0.05) is 38.1 Å². The van der Waals surface area contributed by atoms with E-state index in [2.05, 4.69) is 19.2 Å². The lowest BCUT2D eigenvalue weighted by Gasteiger charge is -2.15. The quantitative estimate of drug-likeness (QED) is 0.296. The summed E-state index contributed by atoms with van der Waals surface area (Å²) in [4.78, 5) is 12.0. The Morgan fingerprint density at radius 3 is 2.19 bits per heavy atom. The Kier molecular flexibility index (Phi) is 10.4. The second-order valence-corrected chi connectivity index (χ2v) is 8.39. The molecule has 168 valence electrons. The van der Waals surface area contributed by atoms with E-state index in [1.807, 2.05) is 42.5 Å². The smallest absolute Gasteiger partial charge is 0.372 e. The summed E-state index contributed by atoms with van der Waals surface area (Å²) in [6.07, 6.45) is 3.95. The van der Waals surface area contributed by atoms with Crippen molar-refractivity contribution in [2.45, 2.75) is 19.9 Å². The van der Waals surface area contributed by atoms with E-state index >= 15 is 0 Å². The van der Waals surface area contributed by atoms with Crippen LogP contribution >= 0.6 is 11.8 Å². The van der Waals surface area contributed by atoms with Crippen LogP contribution in [0.15, 0.2) is 42.5 Å². The SMILES string of the molecule is COc1cc(/C=C/c2ccc(OC(=O)SCCNCC(N)C(C)C)cc2)cc(OC)c1. The van der Waals surface area contributed by atoms with E-state index in [1.165, 1.54) is 0 Å². The van der Waals surface area contributed by atoms with Crippen molar-refractivity contribution in [1.29, 1.82) is 0 Å². The maximum Gasteiger partial charge on any atom is 0.372 e. The number of rotatable bonds is 11. The van der Waals surface area contributed by atoms with E-state index in [0.29, 0.717) is 24.0 Å². The number of carbonyl (C=O) groups excluding carboxylic acids is 1. The fourth-order valence-electron chi connectivity index (χ4n) is 2.60. The van der Waals surface area contributed by atoms with Crippen LogP contribution in [0.25, 0.3) is 12.2 Å². The minimum absolute atomic E-state index is 0.121. The number of carbonyl (C=O) groups is 1. The van der Waals surface area contributed by atoms with Crippen molar-refractivity contribution in [3.05, 3.63) is 53.6 Å². The van der Waals surface area contributed by atoms with E-state index in [0.717, 1.165) is 40.9 Å². The van der Waals surface area contributed by atoms with Gasteiger partial charge in [0.15, 0.2) is 0 Å². The molecule has 0 amide bonds. The zero-order valence-corrected chi connectivity index (χ0v) is 19.4. The van der Waals surface area contributed by atoms with Gasteiger partial charge in [-0.05, 0) is 53.1 Å². The average Bonchev–Trinajstić information content (AvgIpc) is 2.77. The molecule has 0 aromatic heterocycles. The van der Waals surface area contributed by atoms with Crippen molar-refractivity contribution in [2.24, 2.45) is 11.7 Å². The molecule has 0 spiro atoms. The van der Waals surface area contributed by atoms with Gasteiger partial charge in [0.25, 0.3) is 0 Å². The van der Waals surface area contributed by atoms with Gasteiger partial charge in [-0.15, -0.1) is 0 Å². The third-order valence-electron chi connectivity index (χ3n) is 4.66. The highest BCUT2D eigenvalue weighted by Crippen LogP contribution is 2.24.